The fraction of sp³-hybridized carbons (Fsp3) is 0.278. The quantitative estimate of drug-likeness (QED) is 0.825. The van der Waals surface area contributed by atoms with E-state index in [0.29, 0.717) is 5.11 Å². The van der Waals surface area contributed by atoms with Gasteiger partial charge in [-0.15, -0.1) is 0 Å². The molecule has 0 heterocycles. The lowest BCUT2D eigenvalue weighted by Gasteiger charge is -2.24. The zero-order valence-corrected chi connectivity index (χ0v) is 14.2. The summed E-state index contributed by atoms with van der Waals surface area (Å²) < 4.78 is 0. The van der Waals surface area contributed by atoms with E-state index < -0.39 is 0 Å². The minimum Gasteiger partial charge on any atom is -0.354 e. The first-order valence-electron chi connectivity index (χ1n) is 7.38. The molecule has 0 aliphatic heterocycles. The number of aryl methyl sites for hydroxylation is 1. The number of hydrogen-bond donors (Lipinski definition) is 2. The van der Waals surface area contributed by atoms with Crippen molar-refractivity contribution in [3.8, 4) is 0 Å². The van der Waals surface area contributed by atoms with Crippen LogP contribution in [0.3, 0.4) is 0 Å². The van der Waals surface area contributed by atoms with Crippen LogP contribution in [0.2, 0.25) is 0 Å². The fourth-order valence-corrected chi connectivity index (χ4v) is 2.59. The maximum absolute atomic E-state index is 5.47. The van der Waals surface area contributed by atoms with Crippen LogP contribution in [0.4, 0.5) is 5.69 Å². The van der Waals surface area contributed by atoms with Crippen LogP contribution < -0.4 is 10.6 Å². The molecule has 0 amide bonds. The molecule has 0 saturated carbocycles. The van der Waals surface area contributed by atoms with Crippen LogP contribution in [-0.4, -0.2) is 30.7 Å². The summed E-state index contributed by atoms with van der Waals surface area (Å²) in [6, 6.07) is 18.7. The van der Waals surface area contributed by atoms with Gasteiger partial charge in [-0.05, 0) is 56.5 Å². The number of nitrogens with one attached hydrogen (secondary N) is 2. The van der Waals surface area contributed by atoms with Crippen LogP contribution in [0, 0.1) is 6.92 Å². The summed E-state index contributed by atoms with van der Waals surface area (Å²) in [7, 11) is 4.13. The van der Waals surface area contributed by atoms with Crippen molar-refractivity contribution in [2.24, 2.45) is 0 Å². The Labute approximate surface area is 138 Å². The molecule has 0 radical (unpaired) electrons. The minimum absolute atomic E-state index is 0.154. The van der Waals surface area contributed by atoms with Crippen LogP contribution in [0.1, 0.15) is 17.2 Å². The molecule has 22 heavy (non-hydrogen) atoms. The van der Waals surface area contributed by atoms with Crippen LogP contribution in [0.25, 0.3) is 0 Å². The maximum Gasteiger partial charge on any atom is 0.171 e. The standard InChI is InChI=1S/C18H23N3S/c1-14-8-7-11-16(12-14)19-18(22)20-17(13-21(2)3)15-9-5-4-6-10-15/h4-12,17H,13H2,1-3H3,(H2,19,20,22)/t17-/m0/s1. The largest absolute Gasteiger partial charge is 0.354 e. The third-order valence-corrected chi connectivity index (χ3v) is 3.55. The molecule has 0 aliphatic carbocycles. The summed E-state index contributed by atoms with van der Waals surface area (Å²) in [4.78, 5) is 2.15. The lowest BCUT2D eigenvalue weighted by atomic mass is 10.1. The third-order valence-electron chi connectivity index (χ3n) is 3.33. The molecule has 3 nitrogen and oxygen atoms in total. The summed E-state index contributed by atoms with van der Waals surface area (Å²) in [5, 5.41) is 7.31. The van der Waals surface area contributed by atoms with Crippen LogP contribution >= 0.6 is 12.2 Å². The molecule has 0 fully saturated rings. The number of likely N-dealkylation sites (N-methyl/N-ethyl adjacent to an activating group) is 1. The number of anilines is 1. The second-order valence-electron chi connectivity index (χ2n) is 5.69. The topological polar surface area (TPSA) is 27.3 Å². The van der Waals surface area contributed by atoms with Gasteiger partial charge in [0.1, 0.15) is 0 Å². The first-order valence-corrected chi connectivity index (χ1v) is 7.79. The van der Waals surface area contributed by atoms with Crippen molar-refractivity contribution in [1.82, 2.24) is 10.2 Å². The van der Waals surface area contributed by atoms with E-state index in [1.807, 2.05) is 18.2 Å². The first kappa shape index (κ1) is 16.5. The van der Waals surface area contributed by atoms with E-state index in [1.165, 1.54) is 11.1 Å². The summed E-state index contributed by atoms with van der Waals surface area (Å²) in [5.74, 6) is 0. The second kappa shape index (κ2) is 7.92. The SMILES string of the molecule is Cc1cccc(NC(=S)N[C@@H](CN(C)C)c2ccccc2)c1. The second-order valence-corrected chi connectivity index (χ2v) is 6.10. The molecule has 0 aliphatic rings. The van der Waals surface area contributed by atoms with Crippen molar-refractivity contribution in [3.05, 3.63) is 65.7 Å². The molecule has 1 atom stereocenters. The normalized spacial score (nSPS) is 12.0. The average molecular weight is 313 g/mol. The molecule has 0 aromatic heterocycles. The van der Waals surface area contributed by atoms with E-state index in [1.54, 1.807) is 0 Å². The Balaban J connectivity index is 2.05. The lowest BCUT2D eigenvalue weighted by Crippen LogP contribution is -2.37. The molecule has 116 valence electrons. The maximum atomic E-state index is 5.47. The Kier molecular flexibility index (Phi) is 5.92. The van der Waals surface area contributed by atoms with Gasteiger partial charge >= 0.3 is 0 Å². The minimum atomic E-state index is 0.154. The van der Waals surface area contributed by atoms with Crippen molar-refractivity contribution in [1.29, 1.82) is 0 Å². The molecule has 2 rings (SSSR count). The average Bonchev–Trinajstić information content (AvgIpc) is 2.47. The van der Waals surface area contributed by atoms with E-state index in [4.69, 9.17) is 12.2 Å². The van der Waals surface area contributed by atoms with Crippen molar-refractivity contribution in [2.45, 2.75) is 13.0 Å². The molecule has 0 saturated heterocycles. The number of rotatable bonds is 5. The molecule has 2 aromatic rings. The Morgan fingerprint density at radius 1 is 1.09 bits per heavy atom. The van der Waals surface area contributed by atoms with E-state index in [0.717, 1.165) is 12.2 Å². The van der Waals surface area contributed by atoms with Gasteiger partial charge in [-0.1, -0.05) is 42.5 Å². The van der Waals surface area contributed by atoms with E-state index in [-0.39, 0.29) is 6.04 Å². The van der Waals surface area contributed by atoms with Gasteiger partial charge < -0.3 is 15.5 Å². The van der Waals surface area contributed by atoms with E-state index in [9.17, 15) is 0 Å². The molecule has 0 spiro atoms. The van der Waals surface area contributed by atoms with E-state index >= 15 is 0 Å². The Bertz CT molecular complexity index is 611. The summed E-state index contributed by atoms with van der Waals surface area (Å²) in [6.07, 6.45) is 0. The number of thiocarbonyl (C=S) groups is 1. The smallest absolute Gasteiger partial charge is 0.171 e. The van der Waals surface area contributed by atoms with Gasteiger partial charge in [-0.25, -0.2) is 0 Å². The zero-order chi connectivity index (χ0) is 15.9. The van der Waals surface area contributed by atoms with Crippen LogP contribution in [0.5, 0.6) is 0 Å². The first-order chi connectivity index (χ1) is 10.5. The summed E-state index contributed by atoms with van der Waals surface area (Å²) in [5.41, 5.74) is 3.44. The Morgan fingerprint density at radius 2 is 1.82 bits per heavy atom. The third kappa shape index (κ3) is 5.13. The van der Waals surface area contributed by atoms with Gasteiger partial charge in [-0.2, -0.15) is 0 Å². The highest BCUT2D eigenvalue weighted by Gasteiger charge is 2.13. The highest BCUT2D eigenvalue weighted by Crippen LogP contribution is 2.14. The van der Waals surface area contributed by atoms with Gasteiger partial charge in [-0.3, -0.25) is 0 Å². The van der Waals surface area contributed by atoms with Gasteiger partial charge in [0.2, 0.25) is 0 Å². The van der Waals surface area contributed by atoms with Crippen molar-refractivity contribution in [3.63, 3.8) is 0 Å². The summed E-state index contributed by atoms with van der Waals surface area (Å²) >= 11 is 5.47. The Hall–Kier alpha value is -1.91. The molecule has 2 aromatic carbocycles. The lowest BCUT2D eigenvalue weighted by molar-refractivity contribution is 0.363. The van der Waals surface area contributed by atoms with Crippen LogP contribution in [0.15, 0.2) is 54.6 Å². The molecular formula is C18H23N3S. The highest BCUT2D eigenvalue weighted by atomic mass is 32.1. The summed E-state index contributed by atoms with van der Waals surface area (Å²) in [6.45, 7) is 2.94. The predicted molar refractivity (Wildman–Crippen MR) is 98.3 cm³/mol. The Morgan fingerprint density at radius 3 is 2.45 bits per heavy atom. The van der Waals surface area contributed by atoms with E-state index in [2.05, 4.69) is 73.0 Å². The molecule has 0 unspecified atom stereocenters. The van der Waals surface area contributed by atoms with Gasteiger partial charge in [0.15, 0.2) is 5.11 Å². The highest BCUT2D eigenvalue weighted by molar-refractivity contribution is 7.80. The van der Waals surface area contributed by atoms with Gasteiger partial charge in [0, 0.05) is 12.2 Å². The van der Waals surface area contributed by atoms with Crippen molar-refractivity contribution in [2.75, 3.05) is 26.0 Å². The van der Waals surface area contributed by atoms with Gasteiger partial charge in [0.25, 0.3) is 0 Å². The molecular weight excluding hydrogens is 290 g/mol. The number of benzene rings is 2. The van der Waals surface area contributed by atoms with Crippen molar-refractivity contribution >= 4 is 23.0 Å². The fourth-order valence-electron chi connectivity index (χ4n) is 2.33. The number of hydrogen-bond acceptors (Lipinski definition) is 2. The van der Waals surface area contributed by atoms with Gasteiger partial charge in [0.05, 0.1) is 6.04 Å². The van der Waals surface area contributed by atoms with Crippen LogP contribution in [-0.2, 0) is 0 Å². The zero-order valence-electron chi connectivity index (χ0n) is 13.3. The molecule has 2 N–H and O–H groups in total. The number of nitrogens with zero attached hydrogens (tertiary/aromatic N) is 1. The van der Waals surface area contributed by atoms with Crippen molar-refractivity contribution < 1.29 is 0 Å². The molecule has 0 bridgehead atoms. The molecule has 4 heteroatoms. The monoisotopic (exact) mass is 313 g/mol. The predicted octanol–water partition coefficient (Wildman–Crippen LogP) is 3.58.